The molecule has 0 bridgehead atoms. The summed E-state index contributed by atoms with van der Waals surface area (Å²) in [6, 6.07) is 17.1. The molecule has 0 unspecified atom stereocenters. The predicted molar refractivity (Wildman–Crippen MR) is 97.7 cm³/mol. The van der Waals surface area contributed by atoms with Crippen LogP contribution in [0.1, 0.15) is 35.1 Å². The molecule has 3 rings (SSSR count). The Morgan fingerprint density at radius 1 is 1.00 bits per heavy atom. The topological polar surface area (TPSA) is 26.3 Å². The first kappa shape index (κ1) is 16.5. The summed E-state index contributed by atoms with van der Waals surface area (Å²) in [5.41, 5.74) is 5.00. The molecule has 0 radical (unpaired) electrons. The lowest BCUT2D eigenvalue weighted by molar-refractivity contribution is -0.138. The molecule has 0 aliphatic heterocycles. The van der Waals surface area contributed by atoms with Crippen molar-refractivity contribution in [3.63, 3.8) is 0 Å². The lowest BCUT2D eigenvalue weighted by Crippen LogP contribution is -2.03. The van der Waals surface area contributed by atoms with Crippen LogP contribution in [0.5, 0.6) is 0 Å². The van der Waals surface area contributed by atoms with Gasteiger partial charge in [0, 0.05) is 6.08 Å². The summed E-state index contributed by atoms with van der Waals surface area (Å²) < 4.78 is 5.18. The van der Waals surface area contributed by atoms with Crippen LogP contribution in [-0.4, -0.2) is 12.6 Å². The molecule has 1 aliphatic carbocycles. The number of ether oxygens (including phenoxy) is 1. The van der Waals surface area contributed by atoms with E-state index in [4.69, 9.17) is 4.74 Å². The van der Waals surface area contributed by atoms with E-state index in [2.05, 4.69) is 55.5 Å². The normalized spacial score (nSPS) is 14.0. The van der Waals surface area contributed by atoms with Gasteiger partial charge < -0.3 is 4.74 Å². The second kappa shape index (κ2) is 7.96. The van der Waals surface area contributed by atoms with Crippen LogP contribution in [0.25, 0.3) is 6.08 Å². The van der Waals surface area contributed by atoms with Gasteiger partial charge in [-0.2, -0.15) is 0 Å². The van der Waals surface area contributed by atoms with Crippen LogP contribution in [-0.2, 0) is 22.4 Å². The number of carbonyl (C=O) groups excluding carboxylic acids is 1. The summed E-state index contributed by atoms with van der Waals surface area (Å²) in [5, 5.41) is 0. The molecule has 2 nitrogen and oxygen atoms in total. The Labute approximate surface area is 144 Å². The van der Waals surface area contributed by atoms with Crippen molar-refractivity contribution in [3.05, 3.63) is 76.9 Å². The van der Waals surface area contributed by atoms with Crippen molar-refractivity contribution in [3.8, 4) is 0 Å². The van der Waals surface area contributed by atoms with Crippen molar-refractivity contribution in [1.29, 1.82) is 0 Å². The van der Waals surface area contributed by atoms with Crippen LogP contribution in [0.4, 0.5) is 0 Å². The Morgan fingerprint density at radius 3 is 2.17 bits per heavy atom. The number of rotatable bonds is 7. The van der Waals surface area contributed by atoms with Crippen molar-refractivity contribution in [2.24, 2.45) is 5.92 Å². The monoisotopic (exact) mass is 320 g/mol. The summed E-state index contributed by atoms with van der Waals surface area (Å²) in [6.07, 6.45) is 7.80. The zero-order valence-corrected chi connectivity index (χ0v) is 14.2. The average molecular weight is 320 g/mol. The molecular weight excluding hydrogens is 296 g/mol. The fourth-order valence-electron chi connectivity index (χ4n) is 2.54. The van der Waals surface area contributed by atoms with E-state index in [1.54, 1.807) is 0 Å². The minimum atomic E-state index is -0.245. The third-order valence-corrected chi connectivity index (χ3v) is 4.37. The molecule has 0 atom stereocenters. The smallest absolute Gasteiger partial charge is 0.330 e. The van der Waals surface area contributed by atoms with Gasteiger partial charge in [-0.3, -0.25) is 0 Å². The Morgan fingerprint density at radius 2 is 1.58 bits per heavy atom. The van der Waals surface area contributed by atoms with Gasteiger partial charge in [-0.05, 0) is 61.3 Å². The van der Waals surface area contributed by atoms with Crippen LogP contribution in [0.2, 0.25) is 0 Å². The van der Waals surface area contributed by atoms with Gasteiger partial charge in [0.2, 0.25) is 0 Å². The zero-order valence-electron chi connectivity index (χ0n) is 14.2. The summed E-state index contributed by atoms with van der Waals surface area (Å²) in [6.45, 7) is 2.68. The van der Waals surface area contributed by atoms with Gasteiger partial charge in [0.1, 0.15) is 0 Å². The van der Waals surface area contributed by atoms with Crippen LogP contribution in [0.15, 0.2) is 54.6 Å². The third-order valence-electron chi connectivity index (χ3n) is 4.37. The second-order valence-electron chi connectivity index (χ2n) is 6.63. The predicted octanol–water partition coefficient (Wildman–Crippen LogP) is 4.75. The van der Waals surface area contributed by atoms with Crippen molar-refractivity contribution in [2.75, 3.05) is 6.61 Å². The van der Waals surface area contributed by atoms with Gasteiger partial charge in [0.25, 0.3) is 0 Å². The summed E-state index contributed by atoms with van der Waals surface area (Å²) in [5.74, 6) is 0.362. The van der Waals surface area contributed by atoms with E-state index in [1.807, 2.05) is 6.08 Å². The maximum atomic E-state index is 11.6. The van der Waals surface area contributed by atoms with E-state index in [0.717, 1.165) is 18.4 Å². The number of hydrogen-bond acceptors (Lipinski definition) is 2. The molecule has 0 heterocycles. The minimum Gasteiger partial charge on any atom is -0.462 e. The van der Waals surface area contributed by atoms with E-state index in [-0.39, 0.29) is 5.97 Å². The first-order valence-electron chi connectivity index (χ1n) is 8.68. The van der Waals surface area contributed by atoms with E-state index in [9.17, 15) is 4.79 Å². The van der Waals surface area contributed by atoms with Crippen LogP contribution in [0.3, 0.4) is 0 Å². The minimum absolute atomic E-state index is 0.245. The van der Waals surface area contributed by atoms with E-state index >= 15 is 0 Å². The van der Waals surface area contributed by atoms with Crippen molar-refractivity contribution >= 4 is 12.0 Å². The highest BCUT2D eigenvalue weighted by Gasteiger charge is 2.22. The fourth-order valence-corrected chi connectivity index (χ4v) is 2.54. The molecule has 0 N–H and O–H groups in total. The quantitative estimate of drug-likeness (QED) is 0.544. The highest BCUT2D eigenvalue weighted by Crippen LogP contribution is 2.28. The Hall–Kier alpha value is -2.35. The SMILES string of the molecule is Cc1ccc(CCc2ccc(C=CC(=O)OCC3CC3)cc2)cc1. The van der Waals surface area contributed by atoms with Crippen LogP contribution < -0.4 is 0 Å². The zero-order chi connectivity index (χ0) is 16.8. The fraction of sp³-hybridized carbons (Fsp3) is 0.318. The van der Waals surface area contributed by atoms with Crippen molar-refractivity contribution in [2.45, 2.75) is 32.6 Å². The van der Waals surface area contributed by atoms with Gasteiger partial charge >= 0.3 is 5.97 Å². The number of aryl methyl sites for hydroxylation is 3. The van der Waals surface area contributed by atoms with Crippen LogP contribution >= 0.6 is 0 Å². The maximum absolute atomic E-state index is 11.6. The molecule has 0 saturated heterocycles. The van der Waals surface area contributed by atoms with Gasteiger partial charge in [-0.25, -0.2) is 4.79 Å². The van der Waals surface area contributed by atoms with Crippen molar-refractivity contribution < 1.29 is 9.53 Å². The Bertz CT molecular complexity index is 692. The lowest BCUT2D eigenvalue weighted by atomic mass is 10.0. The maximum Gasteiger partial charge on any atom is 0.330 e. The van der Waals surface area contributed by atoms with Crippen molar-refractivity contribution in [1.82, 2.24) is 0 Å². The molecule has 0 spiro atoms. The van der Waals surface area contributed by atoms with Crippen LogP contribution in [0, 0.1) is 12.8 Å². The summed E-state index contributed by atoms with van der Waals surface area (Å²) >= 11 is 0. The van der Waals surface area contributed by atoms with Gasteiger partial charge in [-0.1, -0.05) is 54.1 Å². The molecule has 2 heteroatoms. The first-order valence-corrected chi connectivity index (χ1v) is 8.68. The molecule has 1 aliphatic rings. The Kier molecular flexibility index (Phi) is 5.47. The first-order chi connectivity index (χ1) is 11.7. The molecular formula is C22H24O2. The van der Waals surface area contributed by atoms with Gasteiger partial charge in [-0.15, -0.1) is 0 Å². The van der Waals surface area contributed by atoms with Gasteiger partial charge in [0.05, 0.1) is 6.61 Å². The largest absolute Gasteiger partial charge is 0.462 e. The van der Waals surface area contributed by atoms with E-state index in [1.165, 1.54) is 35.6 Å². The summed E-state index contributed by atoms with van der Waals surface area (Å²) in [7, 11) is 0. The summed E-state index contributed by atoms with van der Waals surface area (Å²) in [4.78, 5) is 11.6. The van der Waals surface area contributed by atoms with E-state index in [0.29, 0.717) is 12.5 Å². The molecule has 24 heavy (non-hydrogen) atoms. The number of benzene rings is 2. The second-order valence-corrected chi connectivity index (χ2v) is 6.63. The molecule has 0 aromatic heterocycles. The molecule has 2 aromatic rings. The molecule has 0 amide bonds. The number of hydrogen-bond donors (Lipinski definition) is 0. The molecule has 1 saturated carbocycles. The number of carbonyl (C=O) groups is 1. The standard InChI is InChI=1S/C22H24O2/c1-17-2-4-18(5-3-17)6-7-19-8-10-20(11-9-19)14-15-22(23)24-16-21-12-13-21/h2-5,8-11,14-15,21H,6-7,12-13,16H2,1H3. The van der Waals surface area contributed by atoms with Gasteiger partial charge in [0.15, 0.2) is 0 Å². The average Bonchev–Trinajstić information content (AvgIpc) is 3.43. The Balaban J connectivity index is 1.47. The highest BCUT2D eigenvalue weighted by atomic mass is 16.5. The molecule has 2 aromatic carbocycles. The molecule has 1 fully saturated rings. The molecule has 124 valence electrons. The highest BCUT2D eigenvalue weighted by molar-refractivity contribution is 5.87. The lowest BCUT2D eigenvalue weighted by Gasteiger charge is -2.04. The third kappa shape index (κ3) is 5.38. The van der Waals surface area contributed by atoms with E-state index < -0.39 is 0 Å². The number of esters is 1.